The normalized spacial score (nSPS) is 22.5. The Morgan fingerprint density at radius 2 is 1.58 bits per heavy atom. The van der Waals surface area contributed by atoms with Crippen LogP contribution in [0.1, 0.15) is 50.5 Å². The number of rotatable bonds is 6. The lowest BCUT2D eigenvalue weighted by molar-refractivity contribution is -0.131. The van der Waals surface area contributed by atoms with Crippen LogP contribution in [0.5, 0.6) is 0 Å². The lowest BCUT2D eigenvalue weighted by Gasteiger charge is -2.25. The van der Waals surface area contributed by atoms with Crippen LogP contribution in [0, 0.1) is 11.8 Å². The van der Waals surface area contributed by atoms with E-state index >= 15 is 0 Å². The number of hydrogen-bond acceptors (Lipinski definition) is 6. The van der Waals surface area contributed by atoms with Crippen LogP contribution in [-0.4, -0.2) is 73.2 Å². The standard InChI is InChI=1S/C29H31N7O2/c37-27(24-11-12-24)35-16-13-19(17-35)18-36-26(30-29(28(36)38)14-1-2-15-29)23-9-5-21(6-10-23)20-3-7-22(8-4-20)25-31-33-34-32-25/h3-10,19,24H,1-2,11-18H2,(H,31,32,33,34). The third kappa shape index (κ3) is 4.10. The Hall–Kier alpha value is -3.88. The van der Waals surface area contributed by atoms with Gasteiger partial charge in [0.2, 0.25) is 11.7 Å². The maximum atomic E-state index is 13.8. The van der Waals surface area contributed by atoms with E-state index < -0.39 is 5.54 Å². The Morgan fingerprint density at radius 1 is 0.921 bits per heavy atom. The van der Waals surface area contributed by atoms with Gasteiger partial charge in [-0.05, 0) is 54.4 Å². The summed E-state index contributed by atoms with van der Waals surface area (Å²) < 4.78 is 0. The highest BCUT2D eigenvalue weighted by Gasteiger charge is 2.50. The number of nitrogens with zero attached hydrogens (tertiary/aromatic N) is 6. The minimum Gasteiger partial charge on any atom is -0.342 e. The zero-order valence-corrected chi connectivity index (χ0v) is 21.3. The first-order chi connectivity index (χ1) is 18.6. The summed E-state index contributed by atoms with van der Waals surface area (Å²) in [4.78, 5) is 35.4. The van der Waals surface area contributed by atoms with E-state index in [0.29, 0.717) is 24.2 Å². The van der Waals surface area contributed by atoms with Crippen molar-refractivity contribution in [3.8, 4) is 22.5 Å². The van der Waals surface area contributed by atoms with Gasteiger partial charge in [-0.2, -0.15) is 5.21 Å². The molecule has 2 saturated carbocycles. The fraction of sp³-hybridized carbons (Fsp3) is 0.448. The minimum absolute atomic E-state index is 0.151. The monoisotopic (exact) mass is 509 g/mol. The van der Waals surface area contributed by atoms with E-state index in [1.54, 1.807) is 0 Å². The van der Waals surface area contributed by atoms with Gasteiger partial charge in [-0.25, -0.2) is 0 Å². The Balaban J connectivity index is 1.11. The molecule has 1 spiro atoms. The lowest BCUT2D eigenvalue weighted by Crippen LogP contribution is -2.44. The van der Waals surface area contributed by atoms with Crippen LogP contribution >= 0.6 is 0 Å². The number of aromatic amines is 1. The lowest BCUT2D eigenvalue weighted by atomic mass is 9.97. The molecule has 1 unspecified atom stereocenters. The highest BCUT2D eigenvalue weighted by Crippen LogP contribution is 2.41. The molecule has 1 aromatic heterocycles. The van der Waals surface area contributed by atoms with Crippen molar-refractivity contribution in [3.05, 3.63) is 54.1 Å². The Labute approximate surface area is 221 Å². The zero-order chi connectivity index (χ0) is 25.7. The minimum atomic E-state index is -0.596. The van der Waals surface area contributed by atoms with Gasteiger partial charge >= 0.3 is 0 Å². The van der Waals surface area contributed by atoms with Crippen molar-refractivity contribution in [2.75, 3.05) is 19.6 Å². The maximum Gasteiger partial charge on any atom is 0.256 e. The molecule has 3 heterocycles. The molecule has 38 heavy (non-hydrogen) atoms. The van der Waals surface area contributed by atoms with Crippen LogP contribution in [0.3, 0.4) is 0 Å². The van der Waals surface area contributed by atoms with Gasteiger partial charge in [0.05, 0.1) is 0 Å². The molecule has 9 nitrogen and oxygen atoms in total. The first kappa shape index (κ1) is 23.3. The molecule has 3 aromatic rings. The summed E-state index contributed by atoms with van der Waals surface area (Å²) in [6, 6.07) is 16.4. The fourth-order valence-electron chi connectivity index (χ4n) is 6.27. The van der Waals surface area contributed by atoms with Crippen molar-refractivity contribution in [1.82, 2.24) is 30.4 Å². The number of likely N-dealkylation sites (tertiary alicyclic amines) is 1. The molecule has 194 valence electrons. The van der Waals surface area contributed by atoms with Crippen LogP contribution in [-0.2, 0) is 9.59 Å². The summed E-state index contributed by atoms with van der Waals surface area (Å²) >= 11 is 0. The number of carbonyl (C=O) groups is 2. The number of carbonyl (C=O) groups excluding carboxylic acids is 2. The van der Waals surface area contributed by atoms with E-state index in [9.17, 15) is 9.59 Å². The van der Waals surface area contributed by atoms with Gasteiger partial charge in [0.25, 0.3) is 5.91 Å². The predicted octanol–water partition coefficient (Wildman–Crippen LogP) is 3.69. The van der Waals surface area contributed by atoms with Crippen molar-refractivity contribution in [3.63, 3.8) is 0 Å². The number of hydrogen-bond donors (Lipinski definition) is 1. The average Bonchev–Trinajstić information content (AvgIpc) is 3.33. The Kier molecular flexibility index (Phi) is 5.60. The summed E-state index contributed by atoms with van der Waals surface area (Å²) in [5, 5.41) is 14.2. The molecule has 2 aliphatic heterocycles. The molecule has 0 radical (unpaired) electrons. The number of tetrazole rings is 1. The van der Waals surface area contributed by atoms with Crippen LogP contribution < -0.4 is 0 Å². The summed E-state index contributed by atoms with van der Waals surface area (Å²) in [6.07, 6.45) is 6.75. The van der Waals surface area contributed by atoms with Gasteiger partial charge in [-0.15, -0.1) is 10.2 Å². The number of H-pyrrole nitrogens is 1. The van der Waals surface area contributed by atoms with Gasteiger partial charge in [0.1, 0.15) is 11.4 Å². The molecule has 1 saturated heterocycles. The molecular weight excluding hydrogens is 478 g/mol. The first-order valence-electron chi connectivity index (χ1n) is 13.7. The second kappa shape index (κ2) is 9.15. The summed E-state index contributed by atoms with van der Waals surface area (Å²) in [5.74, 6) is 2.36. The molecule has 9 heteroatoms. The highest BCUT2D eigenvalue weighted by atomic mass is 16.2. The summed E-state index contributed by atoms with van der Waals surface area (Å²) in [6.45, 7) is 2.19. The molecule has 2 amide bonds. The van der Waals surface area contributed by atoms with E-state index in [0.717, 1.165) is 86.1 Å². The van der Waals surface area contributed by atoms with Gasteiger partial charge in [0, 0.05) is 36.7 Å². The number of amides is 2. The van der Waals surface area contributed by atoms with E-state index in [2.05, 4.69) is 44.9 Å². The van der Waals surface area contributed by atoms with E-state index in [1.807, 2.05) is 34.1 Å². The van der Waals surface area contributed by atoms with Crippen molar-refractivity contribution in [2.45, 2.75) is 50.5 Å². The van der Waals surface area contributed by atoms with Crippen LogP contribution in [0.2, 0.25) is 0 Å². The molecule has 4 aliphatic rings. The van der Waals surface area contributed by atoms with Crippen molar-refractivity contribution in [2.24, 2.45) is 16.8 Å². The predicted molar refractivity (Wildman–Crippen MR) is 142 cm³/mol. The van der Waals surface area contributed by atoms with Crippen LogP contribution in [0.25, 0.3) is 22.5 Å². The molecule has 2 aliphatic carbocycles. The molecule has 3 fully saturated rings. The molecular formula is C29H31N7O2. The van der Waals surface area contributed by atoms with E-state index in [-0.39, 0.29) is 11.8 Å². The SMILES string of the molecule is O=C(C1CC1)N1CCC(CN2C(=O)C3(CCCC3)N=C2c2ccc(-c3ccc(-c4nn[nH]n4)cc3)cc2)C1. The smallest absolute Gasteiger partial charge is 0.256 e. The van der Waals surface area contributed by atoms with E-state index in [1.165, 1.54) is 0 Å². The topological polar surface area (TPSA) is 107 Å². The number of amidine groups is 1. The first-order valence-corrected chi connectivity index (χ1v) is 13.7. The second-order valence-corrected chi connectivity index (χ2v) is 11.2. The molecule has 7 rings (SSSR count). The van der Waals surface area contributed by atoms with Gasteiger partial charge in [-0.3, -0.25) is 19.5 Å². The Morgan fingerprint density at radius 3 is 2.21 bits per heavy atom. The van der Waals surface area contributed by atoms with Crippen molar-refractivity contribution >= 4 is 17.6 Å². The molecule has 0 bridgehead atoms. The number of aliphatic imine (C=N–C) groups is 1. The molecule has 1 N–H and O–H groups in total. The van der Waals surface area contributed by atoms with Gasteiger partial charge < -0.3 is 4.90 Å². The van der Waals surface area contributed by atoms with Crippen molar-refractivity contribution in [1.29, 1.82) is 0 Å². The largest absolute Gasteiger partial charge is 0.342 e. The quantitative estimate of drug-likeness (QED) is 0.545. The zero-order valence-electron chi connectivity index (χ0n) is 21.3. The third-order valence-corrected chi connectivity index (χ3v) is 8.58. The van der Waals surface area contributed by atoms with Crippen LogP contribution in [0.15, 0.2) is 53.5 Å². The molecule has 2 aromatic carbocycles. The fourth-order valence-corrected chi connectivity index (χ4v) is 6.27. The maximum absolute atomic E-state index is 13.8. The van der Waals surface area contributed by atoms with Crippen LogP contribution in [0.4, 0.5) is 0 Å². The number of aromatic nitrogens is 4. The van der Waals surface area contributed by atoms with E-state index in [4.69, 9.17) is 4.99 Å². The van der Waals surface area contributed by atoms with Gasteiger partial charge in [0.15, 0.2) is 0 Å². The van der Waals surface area contributed by atoms with Gasteiger partial charge in [-0.1, -0.05) is 61.4 Å². The Bertz CT molecular complexity index is 1370. The average molecular weight is 510 g/mol. The van der Waals surface area contributed by atoms with Crippen molar-refractivity contribution < 1.29 is 9.59 Å². The number of benzene rings is 2. The summed E-state index contributed by atoms with van der Waals surface area (Å²) in [5.41, 5.74) is 3.45. The summed E-state index contributed by atoms with van der Waals surface area (Å²) in [7, 11) is 0. The second-order valence-electron chi connectivity index (χ2n) is 11.2. The molecule has 1 atom stereocenters. The third-order valence-electron chi connectivity index (χ3n) is 8.58. The highest BCUT2D eigenvalue weighted by molar-refractivity contribution is 6.15. The number of nitrogens with one attached hydrogen (secondary N) is 1.